The number of halogens is 1. The molecule has 1 saturated heterocycles. The second kappa shape index (κ2) is 17.0. The van der Waals surface area contributed by atoms with Gasteiger partial charge in [0.15, 0.2) is 5.11 Å². The number of likely N-dealkylation sites (tertiary alicyclic amines) is 1. The summed E-state index contributed by atoms with van der Waals surface area (Å²) in [6.45, 7) is 1.52. The zero-order chi connectivity index (χ0) is 38.6. The molecule has 15 heteroatoms. The van der Waals surface area contributed by atoms with E-state index in [0.29, 0.717) is 47.4 Å². The molecule has 1 saturated carbocycles. The number of benzene rings is 3. The third-order valence-electron chi connectivity index (χ3n) is 11.0. The number of piperidine rings is 1. The van der Waals surface area contributed by atoms with Crippen molar-refractivity contribution in [1.82, 2.24) is 14.7 Å². The molecule has 0 radical (unpaired) electrons. The summed E-state index contributed by atoms with van der Waals surface area (Å²) in [4.78, 5) is 58.4. The molecule has 3 aromatic carbocycles. The molecule has 2 fully saturated rings. The zero-order valence-electron chi connectivity index (χ0n) is 30.3. The lowest BCUT2D eigenvalue weighted by Crippen LogP contribution is -2.53. The maximum absolute atomic E-state index is 14.9. The van der Waals surface area contributed by atoms with E-state index in [1.807, 2.05) is 53.4 Å². The lowest BCUT2D eigenvalue weighted by molar-refractivity contribution is -0.384. The van der Waals surface area contributed by atoms with Gasteiger partial charge in [0.25, 0.3) is 24.3 Å². The van der Waals surface area contributed by atoms with Gasteiger partial charge >= 0.3 is 0 Å². The number of nitrogens with zero attached hydrogens (tertiary/aromatic N) is 4. The van der Waals surface area contributed by atoms with Crippen molar-refractivity contribution < 1.29 is 28.8 Å². The van der Waals surface area contributed by atoms with E-state index >= 15 is 0 Å². The van der Waals surface area contributed by atoms with E-state index in [9.17, 15) is 24.5 Å². The molecule has 3 heterocycles. The Labute approximate surface area is 334 Å². The topological polar surface area (TPSA) is 135 Å². The van der Waals surface area contributed by atoms with E-state index in [1.54, 1.807) is 34.9 Å². The van der Waals surface area contributed by atoms with Gasteiger partial charge < -0.3 is 24.6 Å². The molecule has 1 N–H and O–H groups in total. The Morgan fingerprint density at radius 2 is 1.84 bits per heavy atom. The molecule has 3 aromatic rings. The van der Waals surface area contributed by atoms with Gasteiger partial charge in [0, 0.05) is 42.2 Å². The number of fused-ring (bicyclic) bond motifs is 2. The second-order valence-corrected chi connectivity index (χ2v) is 16.2. The summed E-state index contributed by atoms with van der Waals surface area (Å²) in [7, 11) is 1.45. The predicted octanol–water partition coefficient (Wildman–Crippen LogP) is 7.34. The van der Waals surface area contributed by atoms with Crippen molar-refractivity contribution >= 4 is 70.4 Å². The Bertz CT molecular complexity index is 1990. The molecule has 4 unspecified atom stereocenters. The quantitative estimate of drug-likeness (QED) is 0.0904. The number of ether oxygens (including phenoxy) is 2. The molecule has 4 atom stereocenters. The van der Waals surface area contributed by atoms with Crippen molar-refractivity contribution in [1.29, 1.82) is 0 Å². The predicted molar refractivity (Wildman–Crippen MR) is 214 cm³/mol. The number of nitro benzene ring substituents is 1. The summed E-state index contributed by atoms with van der Waals surface area (Å²) >= 11 is 14.4. The van der Waals surface area contributed by atoms with Crippen LogP contribution in [-0.4, -0.2) is 81.2 Å². The lowest BCUT2D eigenvalue weighted by Gasteiger charge is -2.41. The van der Waals surface area contributed by atoms with Gasteiger partial charge in [-0.05, 0) is 78.7 Å². The highest BCUT2D eigenvalue weighted by Crippen LogP contribution is 2.56. The van der Waals surface area contributed by atoms with Crippen molar-refractivity contribution in [3.8, 4) is 5.75 Å². The average molecular weight is 804 g/mol. The molecule has 2 amide bonds. The van der Waals surface area contributed by atoms with Gasteiger partial charge in [-0.1, -0.05) is 73.0 Å². The monoisotopic (exact) mass is 803 g/mol. The Kier molecular flexibility index (Phi) is 11.9. The van der Waals surface area contributed by atoms with Crippen LogP contribution in [0.15, 0.2) is 83.4 Å². The summed E-state index contributed by atoms with van der Waals surface area (Å²) in [5.74, 6) is -0.335. The fourth-order valence-electron chi connectivity index (χ4n) is 8.34. The Hall–Kier alpha value is -4.66. The van der Waals surface area contributed by atoms with Gasteiger partial charge in [0.05, 0.1) is 29.2 Å². The molecule has 0 bridgehead atoms. The van der Waals surface area contributed by atoms with Crippen LogP contribution in [0.25, 0.3) is 0 Å². The fraction of sp³-hybridized carbons (Fsp3) is 0.400. The van der Waals surface area contributed by atoms with Crippen molar-refractivity contribution in [2.45, 2.75) is 62.5 Å². The first-order chi connectivity index (χ1) is 26.7. The van der Waals surface area contributed by atoms with Crippen LogP contribution in [0, 0.1) is 22.0 Å². The van der Waals surface area contributed by atoms with E-state index in [0.717, 1.165) is 41.8 Å². The first-order valence-corrected chi connectivity index (χ1v) is 20.1. The van der Waals surface area contributed by atoms with Crippen LogP contribution in [0.1, 0.15) is 55.7 Å². The Morgan fingerprint density at radius 3 is 2.55 bits per heavy atom. The minimum atomic E-state index is -1.50. The number of anilines is 1. The van der Waals surface area contributed by atoms with Gasteiger partial charge in [0.2, 0.25) is 5.91 Å². The number of thioether (sulfide) groups is 1. The van der Waals surface area contributed by atoms with Crippen LogP contribution >= 0.6 is 35.6 Å². The highest BCUT2D eigenvalue weighted by atomic mass is 35.5. The SMILES string of the molecule is COc1ccc(NC(=S)N2CCC3C4=C(SC3C2)N(CCc2ccccc2)C(=O)C(OC=O)N(C(=O)CC2CCCC2)C4c2ccccc2Cl)c([N+](=O)[O-])c1. The Balaban J connectivity index is 1.27. The summed E-state index contributed by atoms with van der Waals surface area (Å²) in [6.07, 6.45) is 3.80. The summed E-state index contributed by atoms with van der Waals surface area (Å²) in [5, 5.41) is 16.4. The molecule has 55 heavy (non-hydrogen) atoms. The van der Waals surface area contributed by atoms with Gasteiger partial charge in [-0.15, -0.1) is 11.8 Å². The molecular formula is C40H42ClN5O7S2. The number of nitro groups is 1. The largest absolute Gasteiger partial charge is 0.496 e. The normalized spacial score (nSPS) is 22.5. The van der Waals surface area contributed by atoms with Crippen molar-refractivity contribution in [2.24, 2.45) is 11.8 Å². The molecule has 7 rings (SSSR count). The van der Waals surface area contributed by atoms with Crippen LogP contribution < -0.4 is 10.1 Å². The zero-order valence-corrected chi connectivity index (χ0v) is 32.7. The molecule has 288 valence electrons. The molecule has 12 nitrogen and oxygen atoms in total. The maximum Gasteiger partial charge on any atom is 0.296 e. The van der Waals surface area contributed by atoms with Crippen LogP contribution in [-0.2, 0) is 25.5 Å². The average Bonchev–Trinajstić information content (AvgIpc) is 3.82. The van der Waals surface area contributed by atoms with Crippen LogP contribution in [0.2, 0.25) is 5.02 Å². The fourth-order valence-corrected chi connectivity index (χ4v) is 10.6. The summed E-state index contributed by atoms with van der Waals surface area (Å²) in [5.41, 5.74) is 2.67. The van der Waals surface area contributed by atoms with Gasteiger partial charge in [-0.2, -0.15) is 0 Å². The Morgan fingerprint density at radius 1 is 1.09 bits per heavy atom. The first-order valence-electron chi connectivity index (χ1n) is 18.5. The van der Waals surface area contributed by atoms with Crippen LogP contribution in [0.3, 0.4) is 0 Å². The molecule has 3 aliphatic heterocycles. The standard InChI is InChI=1S/C40H42ClN5O7S2/c1-52-27-15-16-31(32(22-27)46(50)51)42-40(54)43-19-18-29-33(23-43)55-39-35(29)36(28-13-7-8-14-30(28)41)45(34(48)21-26-11-5-6-12-26)38(53-24-47)37(49)44(39)20-17-25-9-3-2-4-10-25/h2-4,7-10,13-16,22,24,26,29,33,36,38H,5-6,11-12,17-21,23H2,1H3,(H,42,54). The maximum atomic E-state index is 14.9. The first kappa shape index (κ1) is 38.6. The van der Waals surface area contributed by atoms with Gasteiger partial charge in [-0.3, -0.25) is 29.4 Å². The highest BCUT2D eigenvalue weighted by Gasteiger charge is 2.53. The van der Waals surface area contributed by atoms with E-state index in [1.165, 1.54) is 18.1 Å². The van der Waals surface area contributed by atoms with E-state index in [4.69, 9.17) is 33.3 Å². The third-order valence-corrected chi connectivity index (χ3v) is 13.2. The smallest absolute Gasteiger partial charge is 0.296 e. The number of amides is 2. The molecule has 1 aliphatic carbocycles. The number of rotatable bonds is 11. The summed E-state index contributed by atoms with van der Waals surface area (Å²) in [6, 6.07) is 21.0. The highest BCUT2D eigenvalue weighted by molar-refractivity contribution is 8.04. The molecular weight excluding hydrogens is 762 g/mol. The molecule has 4 aliphatic rings. The number of carbonyl (C=O) groups is 3. The molecule has 0 spiro atoms. The van der Waals surface area contributed by atoms with Crippen molar-refractivity contribution in [3.63, 3.8) is 0 Å². The number of methoxy groups -OCH3 is 1. The third kappa shape index (κ3) is 8.03. The van der Waals surface area contributed by atoms with E-state index < -0.39 is 23.1 Å². The van der Waals surface area contributed by atoms with Gasteiger partial charge in [0.1, 0.15) is 11.4 Å². The second-order valence-electron chi connectivity index (χ2n) is 14.2. The molecule has 0 aromatic heterocycles. The van der Waals surface area contributed by atoms with Crippen LogP contribution in [0.5, 0.6) is 5.75 Å². The number of nitrogens with one attached hydrogen (secondary N) is 1. The van der Waals surface area contributed by atoms with E-state index in [2.05, 4.69) is 5.32 Å². The van der Waals surface area contributed by atoms with Crippen molar-refractivity contribution in [3.05, 3.63) is 110 Å². The van der Waals surface area contributed by atoms with Crippen LogP contribution in [0.4, 0.5) is 11.4 Å². The lowest BCUT2D eigenvalue weighted by atomic mass is 9.82. The number of hydrogen-bond acceptors (Lipinski definition) is 9. The van der Waals surface area contributed by atoms with E-state index in [-0.39, 0.29) is 53.8 Å². The van der Waals surface area contributed by atoms with Gasteiger partial charge in [-0.25, -0.2) is 0 Å². The summed E-state index contributed by atoms with van der Waals surface area (Å²) < 4.78 is 10.9. The number of hydrogen-bond donors (Lipinski definition) is 1. The number of carbonyl (C=O) groups excluding carboxylic acids is 3. The number of thiocarbonyl (C=S) groups is 1. The minimum absolute atomic E-state index is 0.100. The van der Waals surface area contributed by atoms with Crippen molar-refractivity contribution in [2.75, 3.05) is 32.1 Å². The minimum Gasteiger partial charge on any atom is -0.496 e.